The molecule has 2 rings (SSSR count). The number of imide groups is 1. The Balaban J connectivity index is 2.18. The average molecular weight is 345 g/mol. The largest absolute Gasteiger partial charge is 0.483 e. The molecule has 0 aliphatic rings. The Labute approximate surface area is 142 Å². The monoisotopic (exact) mass is 345 g/mol. The summed E-state index contributed by atoms with van der Waals surface area (Å²) in [5.41, 5.74) is 5.76. The van der Waals surface area contributed by atoms with Crippen LogP contribution in [-0.4, -0.2) is 34.6 Å². The first-order valence-electron chi connectivity index (χ1n) is 7.11. The van der Waals surface area contributed by atoms with Crippen LogP contribution in [0.25, 0.3) is 0 Å². The van der Waals surface area contributed by atoms with E-state index in [0.29, 0.717) is 0 Å². The van der Waals surface area contributed by atoms with Crippen LogP contribution in [0.5, 0.6) is 11.6 Å². The Kier molecular flexibility index (Phi) is 6.02. The Morgan fingerprint density at radius 2 is 1.92 bits per heavy atom. The fourth-order valence-corrected chi connectivity index (χ4v) is 1.74. The molecule has 4 N–H and O–H groups in total. The lowest BCUT2D eigenvalue weighted by Crippen LogP contribution is -2.37. The predicted octanol–water partition coefficient (Wildman–Crippen LogP) is 0.932. The Bertz CT molecular complexity index is 779. The summed E-state index contributed by atoms with van der Waals surface area (Å²) in [6, 6.07) is 10.3. The van der Waals surface area contributed by atoms with Gasteiger partial charge in [-0.1, -0.05) is 30.3 Å². The molecule has 9 heteroatoms. The van der Waals surface area contributed by atoms with Crippen molar-refractivity contribution in [3.05, 3.63) is 53.7 Å². The number of ether oxygens (including phenoxy) is 2. The Morgan fingerprint density at radius 1 is 1.20 bits per heavy atom. The number of benzene rings is 1. The number of aromatic nitrogens is 1. The van der Waals surface area contributed by atoms with Crippen molar-refractivity contribution < 1.29 is 29.0 Å². The highest BCUT2D eigenvalue weighted by molar-refractivity contribution is 5.93. The van der Waals surface area contributed by atoms with Crippen LogP contribution in [0.15, 0.2) is 42.6 Å². The summed E-state index contributed by atoms with van der Waals surface area (Å²) in [7, 11) is 0. The molecule has 9 nitrogen and oxygen atoms in total. The number of rotatable bonds is 6. The van der Waals surface area contributed by atoms with Crippen LogP contribution in [-0.2, 0) is 11.4 Å². The van der Waals surface area contributed by atoms with Gasteiger partial charge in [0, 0.05) is 12.3 Å². The number of nitrogens with zero attached hydrogens (tertiary/aromatic N) is 1. The van der Waals surface area contributed by atoms with Crippen LogP contribution < -0.4 is 20.5 Å². The predicted molar refractivity (Wildman–Crippen MR) is 85.2 cm³/mol. The first-order chi connectivity index (χ1) is 12.0. The summed E-state index contributed by atoms with van der Waals surface area (Å²) < 4.78 is 10.4. The van der Waals surface area contributed by atoms with Gasteiger partial charge in [0.25, 0.3) is 5.88 Å². The van der Waals surface area contributed by atoms with Crippen molar-refractivity contribution in [2.45, 2.75) is 6.61 Å². The molecule has 2 aromatic rings. The molecule has 130 valence electrons. The van der Waals surface area contributed by atoms with Crippen molar-refractivity contribution in [2.75, 3.05) is 6.54 Å². The van der Waals surface area contributed by atoms with E-state index in [4.69, 9.17) is 20.3 Å². The van der Waals surface area contributed by atoms with Crippen molar-refractivity contribution in [1.29, 1.82) is 0 Å². The number of carbonyl (C=O) groups is 3. The molecule has 0 radical (unpaired) electrons. The van der Waals surface area contributed by atoms with E-state index < -0.39 is 24.5 Å². The van der Waals surface area contributed by atoms with Crippen molar-refractivity contribution in [3.8, 4) is 11.6 Å². The van der Waals surface area contributed by atoms with Gasteiger partial charge in [-0.2, -0.15) is 0 Å². The van der Waals surface area contributed by atoms with Crippen LogP contribution in [0.4, 0.5) is 4.79 Å². The molecule has 0 saturated heterocycles. The van der Waals surface area contributed by atoms with E-state index in [1.54, 1.807) is 0 Å². The minimum Gasteiger partial charge on any atom is -0.483 e. The Morgan fingerprint density at radius 3 is 2.56 bits per heavy atom. The van der Waals surface area contributed by atoms with E-state index in [-0.39, 0.29) is 23.8 Å². The van der Waals surface area contributed by atoms with Gasteiger partial charge in [0.1, 0.15) is 6.61 Å². The van der Waals surface area contributed by atoms with E-state index in [0.717, 1.165) is 11.8 Å². The second-order valence-corrected chi connectivity index (χ2v) is 4.75. The number of nitrogens with two attached hydrogens (primary N) is 1. The van der Waals surface area contributed by atoms with Crippen molar-refractivity contribution in [1.82, 2.24) is 10.3 Å². The van der Waals surface area contributed by atoms with Gasteiger partial charge in [0.05, 0.1) is 12.1 Å². The zero-order valence-electron chi connectivity index (χ0n) is 13.0. The molecule has 0 aliphatic heterocycles. The molecule has 0 saturated carbocycles. The first kappa shape index (κ1) is 17.9. The number of aromatic carboxylic acids is 1. The summed E-state index contributed by atoms with van der Waals surface area (Å²) in [6.07, 6.45) is -0.0963. The smallest absolute Gasteiger partial charge is 0.420 e. The van der Waals surface area contributed by atoms with E-state index in [9.17, 15) is 14.4 Å². The van der Waals surface area contributed by atoms with Gasteiger partial charge in [-0.3, -0.25) is 10.1 Å². The zero-order chi connectivity index (χ0) is 18.2. The lowest BCUT2D eigenvalue weighted by molar-refractivity contribution is -0.118. The van der Waals surface area contributed by atoms with E-state index in [1.165, 1.54) is 6.07 Å². The van der Waals surface area contributed by atoms with Crippen molar-refractivity contribution >= 4 is 18.0 Å². The Hall–Kier alpha value is -3.46. The highest BCUT2D eigenvalue weighted by atomic mass is 16.6. The van der Waals surface area contributed by atoms with Gasteiger partial charge >= 0.3 is 12.1 Å². The van der Waals surface area contributed by atoms with Crippen LogP contribution >= 0.6 is 0 Å². The molecule has 0 spiro atoms. The third kappa shape index (κ3) is 5.29. The maximum atomic E-state index is 11.6. The summed E-state index contributed by atoms with van der Waals surface area (Å²) >= 11 is 0. The molecule has 1 aromatic heterocycles. The number of pyridine rings is 1. The highest BCUT2D eigenvalue weighted by Crippen LogP contribution is 2.26. The number of carboxylic acid groups (broad SMARTS) is 1. The molecule has 0 atom stereocenters. The second kappa shape index (κ2) is 8.41. The lowest BCUT2D eigenvalue weighted by Gasteiger charge is -2.11. The third-order valence-corrected chi connectivity index (χ3v) is 2.92. The van der Waals surface area contributed by atoms with Crippen molar-refractivity contribution in [2.24, 2.45) is 5.73 Å². The summed E-state index contributed by atoms with van der Waals surface area (Å²) in [5.74, 6) is -2.28. The van der Waals surface area contributed by atoms with Gasteiger partial charge in [-0.25, -0.2) is 14.6 Å². The second-order valence-electron chi connectivity index (χ2n) is 4.75. The quantitative estimate of drug-likeness (QED) is 0.702. The van der Waals surface area contributed by atoms with Gasteiger partial charge in [0.2, 0.25) is 5.91 Å². The standard InChI is InChI=1S/C16H15N3O6/c17-7-13(20)19-16(23)25-14-12(6-11(8-18-14)15(21)22)24-9-10-4-2-1-3-5-10/h1-6,8H,7,9,17H2,(H,21,22)(H,19,20,23). The molecule has 25 heavy (non-hydrogen) atoms. The topological polar surface area (TPSA) is 141 Å². The van der Waals surface area contributed by atoms with Gasteiger partial charge in [-0.15, -0.1) is 0 Å². The van der Waals surface area contributed by atoms with Crippen LogP contribution in [0, 0.1) is 0 Å². The number of hydrogen-bond acceptors (Lipinski definition) is 7. The zero-order valence-corrected chi connectivity index (χ0v) is 13.0. The van der Waals surface area contributed by atoms with Gasteiger partial charge in [-0.05, 0) is 5.56 Å². The van der Waals surface area contributed by atoms with Crippen LogP contribution in [0.2, 0.25) is 0 Å². The molecular formula is C16H15N3O6. The van der Waals surface area contributed by atoms with Crippen LogP contribution in [0.3, 0.4) is 0 Å². The van der Waals surface area contributed by atoms with E-state index in [1.807, 2.05) is 35.6 Å². The third-order valence-electron chi connectivity index (χ3n) is 2.92. The fraction of sp³-hybridized carbons (Fsp3) is 0.125. The minimum atomic E-state index is -1.22. The van der Waals surface area contributed by atoms with E-state index >= 15 is 0 Å². The normalized spacial score (nSPS) is 9.96. The minimum absolute atomic E-state index is 0.0564. The number of hydrogen-bond donors (Lipinski definition) is 3. The highest BCUT2D eigenvalue weighted by Gasteiger charge is 2.17. The number of amides is 2. The van der Waals surface area contributed by atoms with Gasteiger partial charge < -0.3 is 20.3 Å². The van der Waals surface area contributed by atoms with Crippen LogP contribution in [0.1, 0.15) is 15.9 Å². The average Bonchev–Trinajstić information content (AvgIpc) is 2.61. The fourth-order valence-electron chi connectivity index (χ4n) is 1.74. The lowest BCUT2D eigenvalue weighted by atomic mass is 10.2. The van der Waals surface area contributed by atoms with Crippen molar-refractivity contribution in [3.63, 3.8) is 0 Å². The maximum Gasteiger partial charge on any atom is 0.420 e. The summed E-state index contributed by atoms with van der Waals surface area (Å²) in [4.78, 5) is 37.5. The number of nitrogens with one attached hydrogen (secondary N) is 1. The molecule has 1 aromatic carbocycles. The summed E-state index contributed by atoms with van der Waals surface area (Å²) in [5, 5.41) is 10.9. The number of carbonyl (C=O) groups excluding carboxylic acids is 2. The molecule has 0 unspecified atom stereocenters. The first-order valence-corrected chi connectivity index (χ1v) is 7.11. The van der Waals surface area contributed by atoms with E-state index in [2.05, 4.69) is 4.98 Å². The summed E-state index contributed by atoms with van der Waals surface area (Å²) in [6.45, 7) is -0.289. The molecule has 1 heterocycles. The molecule has 0 aliphatic carbocycles. The SMILES string of the molecule is NCC(=O)NC(=O)Oc1ncc(C(=O)O)cc1OCc1ccccc1. The maximum absolute atomic E-state index is 11.6. The molecule has 0 bridgehead atoms. The molecular weight excluding hydrogens is 330 g/mol. The molecule has 2 amide bonds. The van der Waals surface area contributed by atoms with Gasteiger partial charge in [0.15, 0.2) is 5.75 Å². The molecule has 0 fully saturated rings. The number of carboxylic acids is 1.